The standard InChI is InChI=1S/C21H22O.C2H6/c1-15-9-11-17(12-10-15)20-16(2)21(13-5-6-14-21)22-19-8-4-3-7-18(19)20;1-2/h3-4,7-12H,5-6,13-14H2,1-2H3;1-2H3. The van der Waals surface area contributed by atoms with Crippen molar-refractivity contribution >= 4 is 5.57 Å². The van der Waals surface area contributed by atoms with Crippen LogP contribution in [-0.4, -0.2) is 5.60 Å². The highest BCUT2D eigenvalue weighted by Gasteiger charge is 2.42. The third kappa shape index (κ3) is 2.77. The van der Waals surface area contributed by atoms with Crippen molar-refractivity contribution in [2.75, 3.05) is 0 Å². The van der Waals surface area contributed by atoms with Gasteiger partial charge in [0.15, 0.2) is 0 Å². The quantitative estimate of drug-likeness (QED) is 0.579. The fourth-order valence-electron chi connectivity index (χ4n) is 3.99. The molecule has 0 atom stereocenters. The molecule has 0 unspecified atom stereocenters. The van der Waals surface area contributed by atoms with Crippen LogP contribution < -0.4 is 4.74 Å². The van der Waals surface area contributed by atoms with Gasteiger partial charge >= 0.3 is 0 Å². The van der Waals surface area contributed by atoms with Gasteiger partial charge in [0.1, 0.15) is 11.4 Å². The average Bonchev–Trinajstić information content (AvgIpc) is 3.09. The van der Waals surface area contributed by atoms with E-state index in [4.69, 9.17) is 4.74 Å². The lowest BCUT2D eigenvalue weighted by atomic mass is 9.81. The second kappa shape index (κ2) is 6.84. The van der Waals surface area contributed by atoms with Crippen molar-refractivity contribution in [3.63, 3.8) is 0 Å². The highest BCUT2D eigenvalue weighted by Crippen LogP contribution is 2.49. The molecule has 0 aromatic heterocycles. The van der Waals surface area contributed by atoms with Gasteiger partial charge in [-0.1, -0.05) is 61.9 Å². The van der Waals surface area contributed by atoms with E-state index in [0.717, 1.165) is 18.6 Å². The van der Waals surface area contributed by atoms with E-state index in [-0.39, 0.29) is 5.60 Å². The number of benzene rings is 2. The van der Waals surface area contributed by atoms with Gasteiger partial charge in [-0.2, -0.15) is 0 Å². The molecule has 1 nitrogen and oxygen atoms in total. The predicted molar refractivity (Wildman–Crippen MR) is 102 cm³/mol. The molecular formula is C23H28O. The molecule has 1 aliphatic heterocycles. The summed E-state index contributed by atoms with van der Waals surface area (Å²) in [6.45, 7) is 8.41. The summed E-state index contributed by atoms with van der Waals surface area (Å²) >= 11 is 0. The Kier molecular flexibility index (Phi) is 4.80. The molecule has 1 fully saturated rings. The molecule has 0 N–H and O–H groups in total. The van der Waals surface area contributed by atoms with Crippen molar-refractivity contribution in [1.29, 1.82) is 0 Å². The largest absolute Gasteiger partial charge is 0.482 e. The lowest BCUT2D eigenvalue weighted by Gasteiger charge is -2.38. The van der Waals surface area contributed by atoms with Crippen LogP contribution in [0.3, 0.4) is 0 Å². The molecular weight excluding hydrogens is 292 g/mol. The van der Waals surface area contributed by atoms with E-state index in [1.165, 1.54) is 40.7 Å². The van der Waals surface area contributed by atoms with Gasteiger partial charge in [0.05, 0.1) is 0 Å². The molecule has 0 radical (unpaired) electrons. The van der Waals surface area contributed by atoms with Crippen molar-refractivity contribution in [2.45, 2.75) is 59.0 Å². The molecule has 0 bridgehead atoms. The van der Waals surface area contributed by atoms with Crippen LogP contribution in [0.5, 0.6) is 5.75 Å². The maximum atomic E-state index is 6.51. The van der Waals surface area contributed by atoms with Crippen LogP contribution in [0.4, 0.5) is 0 Å². The molecule has 126 valence electrons. The fourth-order valence-corrected chi connectivity index (χ4v) is 3.99. The van der Waals surface area contributed by atoms with Gasteiger partial charge in [-0.3, -0.25) is 0 Å². The minimum atomic E-state index is -0.0748. The molecule has 2 aromatic rings. The molecule has 1 heteroatoms. The third-order valence-electron chi connectivity index (χ3n) is 5.27. The van der Waals surface area contributed by atoms with E-state index in [1.54, 1.807) is 0 Å². The van der Waals surface area contributed by atoms with Crippen LogP contribution in [0.1, 0.15) is 63.1 Å². The summed E-state index contributed by atoms with van der Waals surface area (Å²) in [6.07, 6.45) is 4.81. The Morgan fingerprint density at radius 2 is 1.46 bits per heavy atom. The maximum Gasteiger partial charge on any atom is 0.131 e. The maximum absolute atomic E-state index is 6.51. The highest BCUT2D eigenvalue weighted by molar-refractivity contribution is 5.87. The third-order valence-corrected chi connectivity index (χ3v) is 5.27. The molecule has 1 saturated carbocycles. The number of ether oxygens (including phenoxy) is 1. The number of para-hydroxylation sites is 1. The summed E-state index contributed by atoms with van der Waals surface area (Å²) in [7, 11) is 0. The van der Waals surface area contributed by atoms with Gasteiger partial charge in [-0.05, 0) is 62.3 Å². The molecule has 2 aliphatic rings. The molecule has 2 aromatic carbocycles. The topological polar surface area (TPSA) is 9.23 Å². The number of rotatable bonds is 1. The second-order valence-corrected chi connectivity index (χ2v) is 6.67. The Hall–Kier alpha value is -2.02. The summed E-state index contributed by atoms with van der Waals surface area (Å²) in [5.41, 5.74) is 6.56. The summed E-state index contributed by atoms with van der Waals surface area (Å²) in [6, 6.07) is 17.4. The summed E-state index contributed by atoms with van der Waals surface area (Å²) < 4.78 is 6.51. The zero-order valence-electron chi connectivity index (χ0n) is 15.4. The van der Waals surface area contributed by atoms with Crippen molar-refractivity contribution in [3.8, 4) is 5.75 Å². The Balaban J connectivity index is 0.000000815. The average molecular weight is 320 g/mol. The summed E-state index contributed by atoms with van der Waals surface area (Å²) in [5, 5.41) is 0. The number of fused-ring (bicyclic) bond motifs is 1. The SMILES string of the molecule is CC.CC1=C(c2ccc(C)cc2)c2ccccc2OC12CCCC2. The summed E-state index contributed by atoms with van der Waals surface area (Å²) in [5.74, 6) is 1.05. The van der Waals surface area contributed by atoms with Crippen LogP contribution in [0.2, 0.25) is 0 Å². The first-order chi connectivity index (χ1) is 11.7. The second-order valence-electron chi connectivity index (χ2n) is 6.67. The fraction of sp³-hybridized carbons (Fsp3) is 0.391. The summed E-state index contributed by atoms with van der Waals surface area (Å²) in [4.78, 5) is 0. The van der Waals surface area contributed by atoms with E-state index in [0.29, 0.717) is 0 Å². The number of hydrogen-bond donors (Lipinski definition) is 0. The Bertz CT molecular complexity index is 731. The van der Waals surface area contributed by atoms with E-state index in [2.05, 4.69) is 62.4 Å². The lowest BCUT2D eigenvalue weighted by molar-refractivity contribution is 0.111. The molecule has 24 heavy (non-hydrogen) atoms. The van der Waals surface area contributed by atoms with Crippen molar-refractivity contribution < 1.29 is 4.74 Å². The molecule has 0 saturated heterocycles. The minimum absolute atomic E-state index is 0.0748. The van der Waals surface area contributed by atoms with E-state index in [1.807, 2.05) is 13.8 Å². The van der Waals surface area contributed by atoms with E-state index < -0.39 is 0 Å². The smallest absolute Gasteiger partial charge is 0.131 e. The number of aryl methyl sites for hydroxylation is 1. The van der Waals surface area contributed by atoms with Gasteiger partial charge < -0.3 is 4.74 Å². The van der Waals surface area contributed by atoms with Gasteiger partial charge in [-0.15, -0.1) is 0 Å². The van der Waals surface area contributed by atoms with E-state index >= 15 is 0 Å². The highest BCUT2D eigenvalue weighted by atomic mass is 16.5. The molecule has 4 rings (SSSR count). The van der Waals surface area contributed by atoms with Crippen LogP contribution >= 0.6 is 0 Å². The first-order valence-electron chi connectivity index (χ1n) is 9.26. The zero-order chi connectivity index (χ0) is 17.2. The molecule has 1 spiro atoms. The van der Waals surface area contributed by atoms with Gasteiger partial charge in [-0.25, -0.2) is 0 Å². The van der Waals surface area contributed by atoms with Crippen LogP contribution in [0.15, 0.2) is 54.1 Å². The van der Waals surface area contributed by atoms with Crippen LogP contribution in [0.25, 0.3) is 5.57 Å². The first-order valence-corrected chi connectivity index (χ1v) is 9.26. The van der Waals surface area contributed by atoms with Crippen molar-refractivity contribution in [2.24, 2.45) is 0 Å². The Morgan fingerprint density at radius 1 is 0.833 bits per heavy atom. The zero-order valence-corrected chi connectivity index (χ0v) is 15.4. The van der Waals surface area contributed by atoms with Crippen LogP contribution in [0, 0.1) is 6.92 Å². The van der Waals surface area contributed by atoms with Crippen molar-refractivity contribution in [1.82, 2.24) is 0 Å². The predicted octanol–water partition coefficient (Wildman–Crippen LogP) is 6.55. The monoisotopic (exact) mass is 320 g/mol. The van der Waals surface area contributed by atoms with Crippen molar-refractivity contribution in [3.05, 3.63) is 70.8 Å². The molecule has 1 aliphatic carbocycles. The normalized spacial score (nSPS) is 17.8. The molecule has 0 amide bonds. The van der Waals surface area contributed by atoms with E-state index in [9.17, 15) is 0 Å². The Morgan fingerprint density at radius 3 is 2.12 bits per heavy atom. The van der Waals surface area contributed by atoms with Gasteiger partial charge in [0, 0.05) is 5.56 Å². The first kappa shape index (κ1) is 16.8. The van der Waals surface area contributed by atoms with Crippen LogP contribution in [-0.2, 0) is 0 Å². The molecule has 1 heterocycles. The number of hydrogen-bond acceptors (Lipinski definition) is 1. The lowest BCUT2D eigenvalue weighted by Crippen LogP contribution is -2.37. The van der Waals surface area contributed by atoms with Gasteiger partial charge in [0.25, 0.3) is 0 Å². The minimum Gasteiger partial charge on any atom is -0.482 e. The Labute approximate surface area is 146 Å². The van der Waals surface area contributed by atoms with Gasteiger partial charge in [0.2, 0.25) is 0 Å².